The molecule has 7 heteroatoms. The first-order valence-electron chi connectivity index (χ1n) is 6.43. The number of anilines is 1. The van der Waals surface area contributed by atoms with Crippen molar-refractivity contribution in [3.63, 3.8) is 0 Å². The monoisotopic (exact) mass is 358 g/mol. The first kappa shape index (κ1) is 17.0. The lowest BCUT2D eigenvalue weighted by molar-refractivity contribution is 0.586. The van der Waals surface area contributed by atoms with Crippen LogP contribution in [-0.2, 0) is 0 Å². The van der Waals surface area contributed by atoms with Crippen molar-refractivity contribution in [3.8, 4) is 0 Å². The van der Waals surface area contributed by atoms with Crippen LogP contribution < -0.4 is 10.6 Å². The fraction of sp³-hybridized carbons (Fsp3) is 0.133. The minimum absolute atomic E-state index is 0.143. The molecule has 0 atom stereocenters. The molecular formula is C15H13ClF2N2S2. The number of hydrogen-bond donors (Lipinski definition) is 2. The third kappa shape index (κ3) is 5.44. The van der Waals surface area contributed by atoms with Crippen molar-refractivity contribution in [2.75, 3.05) is 17.6 Å². The molecule has 0 unspecified atom stereocenters. The molecule has 0 aliphatic rings. The average Bonchev–Trinajstić information content (AvgIpc) is 2.48. The summed E-state index contributed by atoms with van der Waals surface area (Å²) < 4.78 is 26.2. The van der Waals surface area contributed by atoms with Crippen molar-refractivity contribution in [1.82, 2.24) is 5.32 Å². The molecule has 2 N–H and O–H groups in total. The Labute approximate surface area is 142 Å². The maximum absolute atomic E-state index is 13.4. The Morgan fingerprint density at radius 3 is 2.55 bits per heavy atom. The summed E-state index contributed by atoms with van der Waals surface area (Å²) in [5.74, 6) is -0.518. The van der Waals surface area contributed by atoms with Gasteiger partial charge < -0.3 is 10.6 Å². The molecule has 0 heterocycles. The van der Waals surface area contributed by atoms with E-state index in [4.69, 9.17) is 23.8 Å². The van der Waals surface area contributed by atoms with Crippen LogP contribution in [0.15, 0.2) is 47.4 Å². The van der Waals surface area contributed by atoms with Gasteiger partial charge in [-0.1, -0.05) is 11.6 Å². The first-order chi connectivity index (χ1) is 10.5. The van der Waals surface area contributed by atoms with E-state index >= 15 is 0 Å². The Morgan fingerprint density at radius 2 is 1.86 bits per heavy atom. The summed E-state index contributed by atoms with van der Waals surface area (Å²) in [5.41, 5.74) is 0.143. The van der Waals surface area contributed by atoms with E-state index in [9.17, 15) is 8.78 Å². The summed E-state index contributed by atoms with van der Waals surface area (Å²) in [4.78, 5) is 1.11. The first-order valence-corrected chi connectivity index (χ1v) is 8.20. The van der Waals surface area contributed by atoms with Crippen LogP contribution in [-0.4, -0.2) is 17.4 Å². The predicted octanol–water partition coefficient (Wildman–Crippen LogP) is 4.70. The van der Waals surface area contributed by atoms with Crippen LogP contribution in [0, 0.1) is 11.6 Å². The Kier molecular flexibility index (Phi) is 6.42. The minimum atomic E-state index is -0.681. The molecule has 0 radical (unpaired) electrons. The largest absolute Gasteiger partial charge is 0.362 e. The molecular weight excluding hydrogens is 346 g/mol. The zero-order valence-electron chi connectivity index (χ0n) is 11.4. The number of hydrogen-bond acceptors (Lipinski definition) is 2. The van der Waals surface area contributed by atoms with E-state index in [1.165, 1.54) is 12.1 Å². The van der Waals surface area contributed by atoms with Crippen LogP contribution in [0.25, 0.3) is 0 Å². The molecule has 0 aromatic heterocycles. The molecule has 0 amide bonds. The van der Waals surface area contributed by atoms with Crippen LogP contribution >= 0.6 is 35.6 Å². The second-order valence-electron chi connectivity index (χ2n) is 4.31. The molecule has 2 aromatic rings. The minimum Gasteiger partial charge on any atom is -0.362 e. The zero-order chi connectivity index (χ0) is 15.9. The average molecular weight is 359 g/mol. The van der Waals surface area contributed by atoms with Crippen molar-refractivity contribution < 1.29 is 8.78 Å². The maximum Gasteiger partial charge on any atom is 0.170 e. The Morgan fingerprint density at radius 1 is 1.14 bits per heavy atom. The van der Waals surface area contributed by atoms with Gasteiger partial charge in [-0.15, -0.1) is 11.8 Å². The SMILES string of the molecule is Fc1ccc(NC(=S)NCCSc2ccc(Cl)cc2)c(F)c1. The molecule has 0 saturated carbocycles. The molecule has 116 valence electrons. The Balaban J connectivity index is 1.72. The van der Waals surface area contributed by atoms with Crippen LogP contribution in [0.3, 0.4) is 0 Å². The van der Waals surface area contributed by atoms with E-state index < -0.39 is 11.6 Å². The van der Waals surface area contributed by atoms with Gasteiger partial charge >= 0.3 is 0 Å². The second-order valence-corrected chi connectivity index (χ2v) is 6.32. The Bertz CT molecular complexity index is 650. The van der Waals surface area contributed by atoms with Gasteiger partial charge in [0.25, 0.3) is 0 Å². The fourth-order valence-electron chi connectivity index (χ4n) is 1.62. The summed E-state index contributed by atoms with van der Waals surface area (Å²) in [6, 6.07) is 10.8. The topological polar surface area (TPSA) is 24.1 Å². The number of nitrogens with one attached hydrogen (secondary N) is 2. The molecule has 22 heavy (non-hydrogen) atoms. The zero-order valence-corrected chi connectivity index (χ0v) is 13.8. The van der Waals surface area contributed by atoms with Crippen molar-refractivity contribution in [2.24, 2.45) is 0 Å². The summed E-state index contributed by atoms with van der Waals surface area (Å²) in [7, 11) is 0. The van der Waals surface area contributed by atoms with E-state index in [-0.39, 0.29) is 5.69 Å². The van der Waals surface area contributed by atoms with Gasteiger partial charge in [-0.05, 0) is 48.6 Å². The van der Waals surface area contributed by atoms with E-state index in [1.54, 1.807) is 11.8 Å². The quantitative estimate of drug-likeness (QED) is 0.459. The number of benzene rings is 2. The van der Waals surface area contributed by atoms with Gasteiger partial charge in [0, 0.05) is 28.3 Å². The third-order valence-corrected chi connectivity index (χ3v) is 4.16. The highest BCUT2D eigenvalue weighted by Gasteiger charge is 2.05. The van der Waals surface area contributed by atoms with Gasteiger partial charge in [0.15, 0.2) is 5.11 Å². The lowest BCUT2D eigenvalue weighted by Crippen LogP contribution is -2.30. The van der Waals surface area contributed by atoms with Gasteiger partial charge in [-0.2, -0.15) is 0 Å². The van der Waals surface area contributed by atoms with Crippen molar-refractivity contribution >= 4 is 46.4 Å². The van der Waals surface area contributed by atoms with Crippen LogP contribution in [0.5, 0.6) is 0 Å². The molecule has 2 rings (SSSR count). The highest BCUT2D eigenvalue weighted by Crippen LogP contribution is 2.19. The second kappa shape index (κ2) is 8.31. The van der Waals surface area contributed by atoms with Crippen molar-refractivity contribution in [3.05, 3.63) is 59.1 Å². The van der Waals surface area contributed by atoms with Crippen LogP contribution in [0.1, 0.15) is 0 Å². The summed E-state index contributed by atoms with van der Waals surface area (Å²) in [6.07, 6.45) is 0. The molecule has 2 nitrogen and oxygen atoms in total. The molecule has 0 spiro atoms. The van der Waals surface area contributed by atoms with Crippen molar-refractivity contribution in [2.45, 2.75) is 4.90 Å². The predicted molar refractivity (Wildman–Crippen MR) is 92.8 cm³/mol. The summed E-state index contributed by atoms with van der Waals surface area (Å²) in [5, 5.41) is 6.66. The van der Waals surface area contributed by atoms with Crippen molar-refractivity contribution in [1.29, 1.82) is 0 Å². The fourth-order valence-corrected chi connectivity index (χ4v) is 2.73. The van der Waals surface area contributed by atoms with E-state index in [0.717, 1.165) is 16.7 Å². The van der Waals surface area contributed by atoms with Crippen LogP contribution in [0.2, 0.25) is 5.02 Å². The lowest BCUT2D eigenvalue weighted by Gasteiger charge is -2.11. The molecule has 0 aliphatic carbocycles. The number of halogens is 3. The molecule has 0 saturated heterocycles. The number of thioether (sulfide) groups is 1. The number of thiocarbonyl (C=S) groups is 1. The molecule has 0 bridgehead atoms. The molecule has 0 aliphatic heterocycles. The highest BCUT2D eigenvalue weighted by atomic mass is 35.5. The third-order valence-electron chi connectivity index (χ3n) is 2.65. The maximum atomic E-state index is 13.4. The summed E-state index contributed by atoms with van der Waals surface area (Å²) in [6.45, 7) is 0.613. The van der Waals surface area contributed by atoms with Gasteiger partial charge in [0.2, 0.25) is 0 Å². The van der Waals surface area contributed by atoms with E-state index in [2.05, 4.69) is 10.6 Å². The Hall–Kier alpha value is -1.37. The molecule has 0 fully saturated rings. The van der Waals surface area contributed by atoms with Gasteiger partial charge in [0.1, 0.15) is 11.6 Å². The van der Waals surface area contributed by atoms with Gasteiger partial charge in [0.05, 0.1) is 5.69 Å². The standard InChI is InChI=1S/C15H13ClF2N2S2/c16-10-1-4-12(5-2-10)22-8-7-19-15(21)20-14-6-3-11(17)9-13(14)18/h1-6,9H,7-8H2,(H2,19,20,21). The smallest absolute Gasteiger partial charge is 0.170 e. The lowest BCUT2D eigenvalue weighted by atomic mass is 10.3. The summed E-state index contributed by atoms with van der Waals surface area (Å²) >= 11 is 12.5. The number of rotatable bonds is 5. The van der Waals surface area contributed by atoms with Gasteiger partial charge in [-0.25, -0.2) is 8.78 Å². The van der Waals surface area contributed by atoms with E-state index in [1.807, 2.05) is 24.3 Å². The van der Waals surface area contributed by atoms with Crippen LogP contribution in [0.4, 0.5) is 14.5 Å². The molecule has 2 aromatic carbocycles. The highest BCUT2D eigenvalue weighted by molar-refractivity contribution is 7.99. The van der Waals surface area contributed by atoms with E-state index in [0.29, 0.717) is 16.7 Å². The normalized spacial score (nSPS) is 10.3. The van der Waals surface area contributed by atoms with Gasteiger partial charge in [-0.3, -0.25) is 0 Å².